The van der Waals surface area contributed by atoms with E-state index >= 15 is 0 Å². The van der Waals surface area contributed by atoms with Gasteiger partial charge >= 0.3 is 29.6 Å². The van der Waals surface area contributed by atoms with E-state index in [2.05, 4.69) is 5.73 Å². The molecule has 0 aromatic heterocycles. The molecule has 0 aromatic rings. The molecular formula is C2H10NNaO5. The molecule has 8 N–H and O–H groups in total. The van der Waals surface area contributed by atoms with E-state index in [1.807, 2.05) is 0 Å². The van der Waals surface area contributed by atoms with Gasteiger partial charge < -0.3 is 32.1 Å². The number of carbonyl (C=O) groups is 1. The minimum absolute atomic E-state index is 0. The standard InChI is InChI=1S/C2H5NO2.Na.3H2O/c3-1-2(4)5;;;;/h1,3H2,(H,4,5);;3*1H2/q;+1;;;/p-1. The van der Waals surface area contributed by atoms with Crippen molar-refractivity contribution in [2.45, 2.75) is 0 Å². The summed E-state index contributed by atoms with van der Waals surface area (Å²) in [5.41, 5.74) is 4.51. The second kappa shape index (κ2) is 23.9. The van der Waals surface area contributed by atoms with E-state index in [4.69, 9.17) is 9.90 Å². The summed E-state index contributed by atoms with van der Waals surface area (Å²) in [5, 5.41) is 9.13. The Hall–Kier alpha value is 0.310. The van der Waals surface area contributed by atoms with Gasteiger partial charge in [0.25, 0.3) is 0 Å². The van der Waals surface area contributed by atoms with E-state index in [1.165, 1.54) is 0 Å². The number of aliphatic carboxylic acids is 1. The maximum Gasteiger partial charge on any atom is 1.00 e. The van der Waals surface area contributed by atoms with Gasteiger partial charge in [0.05, 0.1) is 5.97 Å². The van der Waals surface area contributed by atoms with Crippen LogP contribution in [0.1, 0.15) is 0 Å². The average molecular weight is 151 g/mol. The van der Waals surface area contributed by atoms with Crippen molar-refractivity contribution in [1.82, 2.24) is 0 Å². The minimum Gasteiger partial charge on any atom is -0.549 e. The molecule has 0 fully saturated rings. The monoisotopic (exact) mass is 151 g/mol. The van der Waals surface area contributed by atoms with Crippen molar-refractivity contribution < 1.29 is 55.9 Å². The molecular weight excluding hydrogens is 141 g/mol. The van der Waals surface area contributed by atoms with Crippen molar-refractivity contribution in [3.05, 3.63) is 0 Å². The van der Waals surface area contributed by atoms with Crippen LogP contribution in [-0.2, 0) is 4.79 Å². The van der Waals surface area contributed by atoms with Crippen molar-refractivity contribution >= 4 is 5.97 Å². The van der Waals surface area contributed by atoms with Gasteiger partial charge in [0.2, 0.25) is 0 Å². The Bertz CT molecular complexity index is 50.2. The fourth-order valence-electron chi connectivity index (χ4n) is 0. The SMILES string of the molecule is NCC(=O)[O-].O.O.O.[Na+]. The number of nitrogens with two attached hydrogens (primary N) is 1. The van der Waals surface area contributed by atoms with Crippen LogP contribution in [0.5, 0.6) is 0 Å². The van der Waals surface area contributed by atoms with Gasteiger partial charge in [-0.3, -0.25) is 0 Å². The molecule has 0 atom stereocenters. The molecule has 7 heteroatoms. The van der Waals surface area contributed by atoms with Crippen LogP contribution in [-0.4, -0.2) is 28.9 Å². The van der Waals surface area contributed by atoms with E-state index in [0.717, 1.165) is 0 Å². The summed E-state index contributed by atoms with van der Waals surface area (Å²) in [5.74, 6) is -1.22. The first-order chi connectivity index (χ1) is 2.27. The van der Waals surface area contributed by atoms with E-state index < -0.39 is 5.97 Å². The van der Waals surface area contributed by atoms with Gasteiger partial charge in [0.15, 0.2) is 0 Å². The Morgan fingerprint density at radius 3 is 1.44 bits per heavy atom. The van der Waals surface area contributed by atoms with Gasteiger partial charge in [0, 0.05) is 6.54 Å². The van der Waals surface area contributed by atoms with E-state index in [9.17, 15) is 0 Å². The van der Waals surface area contributed by atoms with Crippen LogP contribution in [0.15, 0.2) is 0 Å². The summed E-state index contributed by atoms with van der Waals surface area (Å²) >= 11 is 0. The molecule has 0 saturated heterocycles. The largest absolute Gasteiger partial charge is 1.00 e. The van der Waals surface area contributed by atoms with Crippen LogP contribution >= 0.6 is 0 Å². The number of rotatable bonds is 1. The number of carboxylic acid groups (broad SMARTS) is 1. The Balaban J connectivity index is -0.0000000133. The van der Waals surface area contributed by atoms with Crippen molar-refractivity contribution in [2.75, 3.05) is 6.54 Å². The van der Waals surface area contributed by atoms with Crippen molar-refractivity contribution in [3.63, 3.8) is 0 Å². The topological polar surface area (TPSA) is 161 Å². The molecule has 0 radical (unpaired) electrons. The molecule has 6 nitrogen and oxygen atoms in total. The third-order valence-corrected chi connectivity index (χ3v) is 0.167. The average Bonchev–Trinajstić information content (AvgIpc) is 1.38. The predicted octanol–water partition coefficient (Wildman–Crippen LogP) is -7.78. The minimum atomic E-state index is -1.22. The molecule has 0 aliphatic heterocycles. The van der Waals surface area contributed by atoms with Gasteiger partial charge in [-0.15, -0.1) is 0 Å². The van der Waals surface area contributed by atoms with Crippen LogP contribution in [0.4, 0.5) is 0 Å². The number of carboxylic acids is 1. The Kier molecular flexibility index (Phi) is 91.9. The second-order valence-electron chi connectivity index (χ2n) is 0.576. The molecule has 0 aliphatic carbocycles. The number of hydrogen-bond acceptors (Lipinski definition) is 3. The summed E-state index contributed by atoms with van der Waals surface area (Å²) in [6.07, 6.45) is 0. The third kappa shape index (κ3) is 62.0. The molecule has 54 valence electrons. The third-order valence-electron chi connectivity index (χ3n) is 0.167. The molecule has 0 amide bonds. The Labute approximate surface area is 74.3 Å². The van der Waals surface area contributed by atoms with Crippen LogP contribution < -0.4 is 40.4 Å². The summed E-state index contributed by atoms with van der Waals surface area (Å²) in [6, 6.07) is 0. The summed E-state index contributed by atoms with van der Waals surface area (Å²) in [4.78, 5) is 9.13. The molecule has 9 heavy (non-hydrogen) atoms. The van der Waals surface area contributed by atoms with E-state index in [1.54, 1.807) is 0 Å². The zero-order valence-corrected chi connectivity index (χ0v) is 7.10. The van der Waals surface area contributed by atoms with E-state index in [0.29, 0.717) is 0 Å². The molecule has 0 aromatic carbocycles. The van der Waals surface area contributed by atoms with Gasteiger partial charge in [-0.2, -0.15) is 0 Å². The van der Waals surface area contributed by atoms with Gasteiger partial charge in [-0.1, -0.05) is 0 Å². The second-order valence-corrected chi connectivity index (χ2v) is 0.576. The van der Waals surface area contributed by atoms with Gasteiger partial charge in [-0.25, -0.2) is 0 Å². The summed E-state index contributed by atoms with van der Waals surface area (Å²) in [7, 11) is 0. The Morgan fingerprint density at radius 1 is 1.33 bits per heavy atom. The summed E-state index contributed by atoms with van der Waals surface area (Å²) in [6.45, 7) is -0.389. The fourth-order valence-corrected chi connectivity index (χ4v) is 0. The van der Waals surface area contributed by atoms with Crippen molar-refractivity contribution in [1.29, 1.82) is 0 Å². The molecule has 0 heterocycles. The molecule has 0 aliphatic rings. The predicted molar refractivity (Wildman–Crippen MR) is 24.9 cm³/mol. The van der Waals surface area contributed by atoms with Crippen LogP contribution in [0, 0.1) is 0 Å². The van der Waals surface area contributed by atoms with Gasteiger partial charge in [-0.05, 0) is 0 Å². The van der Waals surface area contributed by atoms with Crippen LogP contribution in [0.25, 0.3) is 0 Å². The maximum atomic E-state index is 9.13. The molecule has 0 bridgehead atoms. The quantitative estimate of drug-likeness (QED) is 0.369. The zero-order valence-electron chi connectivity index (χ0n) is 5.10. The fraction of sp³-hybridized carbons (Fsp3) is 0.500. The first kappa shape index (κ1) is 34.6. The Morgan fingerprint density at radius 2 is 1.44 bits per heavy atom. The van der Waals surface area contributed by atoms with Crippen LogP contribution in [0.3, 0.4) is 0 Å². The molecule has 0 spiro atoms. The zero-order chi connectivity index (χ0) is 4.28. The number of hydrogen-bond donors (Lipinski definition) is 1. The van der Waals surface area contributed by atoms with Crippen molar-refractivity contribution in [3.8, 4) is 0 Å². The molecule has 0 saturated carbocycles. The normalized spacial score (nSPS) is 4.11. The summed E-state index contributed by atoms with van der Waals surface area (Å²) < 4.78 is 0. The first-order valence-electron chi connectivity index (χ1n) is 1.17. The molecule has 0 unspecified atom stereocenters. The maximum absolute atomic E-state index is 9.13. The number of carbonyl (C=O) groups excluding carboxylic acids is 1. The molecule has 0 rings (SSSR count). The van der Waals surface area contributed by atoms with Crippen LogP contribution in [0.2, 0.25) is 0 Å². The first-order valence-corrected chi connectivity index (χ1v) is 1.17. The van der Waals surface area contributed by atoms with Gasteiger partial charge in [0.1, 0.15) is 0 Å². The smallest absolute Gasteiger partial charge is 0.549 e. The van der Waals surface area contributed by atoms with E-state index in [-0.39, 0.29) is 52.5 Å². The van der Waals surface area contributed by atoms with Crippen molar-refractivity contribution in [2.24, 2.45) is 5.73 Å².